The van der Waals surface area contributed by atoms with Gasteiger partial charge in [0.2, 0.25) is 0 Å². The molecule has 1 aliphatic carbocycles. The maximum atomic E-state index is 3.52. The maximum absolute atomic E-state index is 3.52. The molecule has 0 amide bonds. The van der Waals surface area contributed by atoms with Gasteiger partial charge in [0.25, 0.3) is 0 Å². The summed E-state index contributed by atoms with van der Waals surface area (Å²) >= 11 is 0. The quantitative estimate of drug-likeness (QED) is 0.608. The zero-order valence-electron chi connectivity index (χ0n) is 13.9. The van der Waals surface area contributed by atoms with Crippen LogP contribution in [0.3, 0.4) is 0 Å². The Balaban J connectivity index is 1.77. The smallest absolute Gasteiger partial charge is 0.0390 e. The van der Waals surface area contributed by atoms with E-state index in [0.717, 1.165) is 11.4 Å². The SMILES string of the molecule is Cc1ccc(Nc2ccc3c(c2)-c2ccccc2C3(C)C)cc1. The molecule has 0 atom stereocenters. The van der Waals surface area contributed by atoms with Gasteiger partial charge in [0.15, 0.2) is 0 Å². The summed E-state index contributed by atoms with van der Waals surface area (Å²) in [5, 5.41) is 3.52. The van der Waals surface area contributed by atoms with E-state index in [1.165, 1.54) is 27.8 Å². The highest BCUT2D eigenvalue weighted by atomic mass is 14.9. The molecule has 1 nitrogen and oxygen atoms in total. The summed E-state index contributed by atoms with van der Waals surface area (Å²) < 4.78 is 0. The molecule has 1 aliphatic rings. The van der Waals surface area contributed by atoms with E-state index in [0.29, 0.717) is 0 Å². The second-order valence-electron chi connectivity index (χ2n) is 6.92. The van der Waals surface area contributed by atoms with Crippen molar-refractivity contribution in [3.63, 3.8) is 0 Å². The molecule has 4 rings (SSSR count). The van der Waals surface area contributed by atoms with Gasteiger partial charge in [-0.15, -0.1) is 0 Å². The molecule has 0 saturated carbocycles. The first-order valence-electron chi connectivity index (χ1n) is 8.14. The average Bonchev–Trinajstić information content (AvgIpc) is 2.78. The third kappa shape index (κ3) is 2.24. The lowest BCUT2D eigenvalue weighted by atomic mass is 9.82. The van der Waals surface area contributed by atoms with Crippen molar-refractivity contribution in [1.82, 2.24) is 0 Å². The number of aryl methyl sites for hydroxylation is 1. The Morgan fingerprint density at radius 3 is 2.13 bits per heavy atom. The fourth-order valence-electron chi connectivity index (χ4n) is 3.60. The van der Waals surface area contributed by atoms with Crippen molar-refractivity contribution in [3.05, 3.63) is 83.4 Å². The second kappa shape index (κ2) is 4.99. The number of hydrogen-bond acceptors (Lipinski definition) is 1. The number of anilines is 2. The summed E-state index contributed by atoms with van der Waals surface area (Å²) in [4.78, 5) is 0. The molecular formula is C22H21N. The summed E-state index contributed by atoms with van der Waals surface area (Å²) in [6, 6.07) is 24.0. The molecule has 1 heteroatoms. The molecule has 0 fully saturated rings. The van der Waals surface area contributed by atoms with E-state index in [9.17, 15) is 0 Å². The molecule has 0 spiro atoms. The van der Waals surface area contributed by atoms with Crippen LogP contribution in [0.5, 0.6) is 0 Å². The van der Waals surface area contributed by atoms with Crippen molar-refractivity contribution in [2.75, 3.05) is 5.32 Å². The Labute approximate surface area is 138 Å². The van der Waals surface area contributed by atoms with Crippen molar-refractivity contribution in [3.8, 4) is 11.1 Å². The molecule has 0 radical (unpaired) electrons. The highest BCUT2D eigenvalue weighted by molar-refractivity contribution is 5.83. The van der Waals surface area contributed by atoms with Gasteiger partial charge in [0, 0.05) is 16.8 Å². The van der Waals surface area contributed by atoms with E-state index in [4.69, 9.17) is 0 Å². The summed E-state index contributed by atoms with van der Waals surface area (Å²) in [5.74, 6) is 0. The van der Waals surface area contributed by atoms with Crippen LogP contribution in [0, 0.1) is 6.92 Å². The molecule has 1 N–H and O–H groups in total. The lowest BCUT2D eigenvalue weighted by Crippen LogP contribution is -2.14. The molecule has 0 heterocycles. The van der Waals surface area contributed by atoms with Crippen molar-refractivity contribution in [2.45, 2.75) is 26.2 Å². The van der Waals surface area contributed by atoms with Crippen molar-refractivity contribution in [1.29, 1.82) is 0 Å². The normalized spacial score (nSPS) is 14.2. The Morgan fingerprint density at radius 2 is 1.35 bits per heavy atom. The van der Waals surface area contributed by atoms with Crippen LogP contribution in [0.15, 0.2) is 66.7 Å². The molecule has 3 aromatic rings. The first-order chi connectivity index (χ1) is 11.1. The van der Waals surface area contributed by atoms with E-state index in [2.05, 4.69) is 92.8 Å². The van der Waals surface area contributed by atoms with Gasteiger partial charge >= 0.3 is 0 Å². The molecule has 0 bridgehead atoms. The molecule has 0 aliphatic heterocycles. The largest absolute Gasteiger partial charge is 0.356 e. The fraction of sp³-hybridized carbons (Fsp3) is 0.182. The van der Waals surface area contributed by atoms with E-state index in [1.807, 2.05) is 0 Å². The van der Waals surface area contributed by atoms with E-state index in [-0.39, 0.29) is 5.41 Å². The molecule has 0 saturated heterocycles. The Bertz CT molecular complexity index is 873. The first-order valence-corrected chi connectivity index (χ1v) is 8.14. The maximum Gasteiger partial charge on any atom is 0.0390 e. The van der Waals surface area contributed by atoms with Crippen LogP contribution in [-0.4, -0.2) is 0 Å². The van der Waals surface area contributed by atoms with Gasteiger partial charge in [0.1, 0.15) is 0 Å². The molecular weight excluding hydrogens is 278 g/mol. The van der Waals surface area contributed by atoms with Crippen molar-refractivity contribution in [2.24, 2.45) is 0 Å². The molecule has 3 aromatic carbocycles. The van der Waals surface area contributed by atoms with Gasteiger partial charge in [-0.2, -0.15) is 0 Å². The minimum atomic E-state index is 0.0777. The molecule has 114 valence electrons. The molecule has 0 unspecified atom stereocenters. The van der Waals surface area contributed by atoms with Crippen LogP contribution in [-0.2, 0) is 5.41 Å². The highest BCUT2D eigenvalue weighted by Gasteiger charge is 2.34. The Morgan fingerprint density at radius 1 is 0.696 bits per heavy atom. The van der Waals surface area contributed by atoms with Gasteiger partial charge in [-0.3, -0.25) is 0 Å². The van der Waals surface area contributed by atoms with Crippen molar-refractivity contribution < 1.29 is 0 Å². The lowest BCUT2D eigenvalue weighted by Gasteiger charge is -2.21. The van der Waals surface area contributed by atoms with Gasteiger partial charge in [-0.25, -0.2) is 0 Å². The summed E-state index contributed by atoms with van der Waals surface area (Å²) in [5.41, 5.74) is 9.16. The minimum Gasteiger partial charge on any atom is -0.356 e. The monoisotopic (exact) mass is 299 g/mol. The topological polar surface area (TPSA) is 12.0 Å². The van der Waals surface area contributed by atoms with E-state index >= 15 is 0 Å². The Hall–Kier alpha value is -2.54. The second-order valence-corrected chi connectivity index (χ2v) is 6.92. The van der Waals surface area contributed by atoms with Crippen LogP contribution in [0.25, 0.3) is 11.1 Å². The molecule has 0 aromatic heterocycles. The van der Waals surface area contributed by atoms with Gasteiger partial charge in [-0.1, -0.05) is 61.9 Å². The van der Waals surface area contributed by atoms with Crippen LogP contribution >= 0.6 is 0 Å². The zero-order valence-corrected chi connectivity index (χ0v) is 13.9. The molecule has 23 heavy (non-hydrogen) atoms. The number of nitrogens with one attached hydrogen (secondary N) is 1. The standard InChI is InChI=1S/C22H21N/c1-15-8-10-16(11-9-15)23-17-12-13-21-19(14-17)18-6-4-5-7-20(18)22(21,2)3/h4-14,23H,1-3H3. The lowest BCUT2D eigenvalue weighted by molar-refractivity contribution is 0.660. The number of rotatable bonds is 2. The first kappa shape index (κ1) is 14.1. The summed E-state index contributed by atoms with van der Waals surface area (Å²) in [6.45, 7) is 6.73. The van der Waals surface area contributed by atoms with E-state index < -0.39 is 0 Å². The third-order valence-electron chi connectivity index (χ3n) is 4.92. The van der Waals surface area contributed by atoms with Crippen LogP contribution in [0.2, 0.25) is 0 Å². The van der Waals surface area contributed by atoms with Crippen LogP contribution in [0.1, 0.15) is 30.5 Å². The predicted molar refractivity (Wildman–Crippen MR) is 98.5 cm³/mol. The number of benzene rings is 3. The fourth-order valence-corrected chi connectivity index (χ4v) is 3.60. The van der Waals surface area contributed by atoms with Crippen LogP contribution < -0.4 is 5.32 Å². The van der Waals surface area contributed by atoms with Gasteiger partial charge < -0.3 is 5.32 Å². The van der Waals surface area contributed by atoms with Crippen molar-refractivity contribution >= 4 is 11.4 Å². The average molecular weight is 299 g/mol. The van der Waals surface area contributed by atoms with Gasteiger partial charge in [-0.05, 0) is 53.4 Å². The summed E-state index contributed by atoms with van der Waals surface area (Å²) in [6.07, 6.45) is 0. The number of hydrogen-bond donors (Lipinski definition) is 1. The zero-order chi connectivity index (χ0) is 16.0. The number of fused-ring (bicyclic) bond motifs is 3. The predicted octanol–water partition coefficient (Wildman–Crippen LogP) is 6.04. The van der Waals surface area contributed by atoms with Gasteiger partial charge in [0.05, 0.1) is 0 Å². The van der Waals surface area contributed by atoms with E-state index in [1.54, 1.807) is 0 Å². The minimum absolute atomic E-state index is 0.0777. The summed E-state index contributed by atoms with van der Waals surface area (Å²) in [7, 11) is 0. The van der Waals surface area contributed by atoms with Crippen LogP contribution in [0.4, 0.5) is 11.4 Å². The Kier molecular flexibility index (Phi) is 3.05. The third-order valence-corrected chi connectivity index (χ3v) is 4.92. The highest BCUT2D eigenvalue weighted by Crippen LogP contribution is 2.49.